The van der Waals surface area contributed by atoms with E-state index in [1.807, 2.05) is 24.3 Å². The Morgan fingerprint density at radius 3 is 2.50 bits per heavy atom. The molecule has 2 aliphatic rings. The number of phenols is 3. The van der Waals surface area contributed by atoms with Crippen LogP contribution in [0.2, 0.25) is 0 Å². The van der Waals surface area contributed by atoms with Crippen LogP contribution in [0, 0.1) is 0 Å². The van der Waals surface area contributed by atoms with Crippen molar-refractivity contribution in [3.05, 3.63) is 71.3 Å². The van der Waals surface area contributed by atoms with Crippen LogP contribution in [0.3, 0.4) is 0 Å². The van der Waals surface area contributed by atoms with Crippen LogP contribution in [0.4, 0.5) is 0 Å². The van der Waals surface area contributed by atoms with Crippen LogP contribution < -0.4 is 4.74 Å². The average molecular weight is 350 g/mol. The largest absolute Gasteiger partial charge is 0.508 e. The normalized spacial score (nSPS) is 21.3. The highest BCUT2D eigenvalue weighted by molar-refractivity contribution is 6.03. The number of aromatic hydroxyl groups is 3. The molecule has 132 valence electrons. The number of benzene rings is 2. The van der Waals surface area contributed by atoms with Gasteiger partial charge in [0, 0.05) is 17.5 Å². The molecule has 4 rings (SSSR count). The van der Waals surface area contributed by atoms with Crippen LogP contribution in [-0.2, 0) is 0 Å². The Morgan fingerprint density at radius 2 is 1.81 bits per heavy atom. The van der Waals surface area contributed by atoms with E-state index in [1.54, 1.807) is 12.1 Å². The average Bonchev–Trinajstić information content (AvgIpc) is 2.62. The molecular weight excluding hydrogens is 332 g/mol. The van der Waals surface area contributed by atoms with Crippen molar-refractivity contribution >= 4 is 5.78 Å². The minimum Gasteiger partial charge on any atom is -0.508 e. The van der Waals surface area contributed by atoms with Crippen LogP contribution in [0.15, 0.2) is 54.6 Å². The first-order valence-electron chi connectivity index (χ1n) is 8.45. The number of allylic oxidation sites excluding steroid dienone is 4. The molecule has 2 atom stereocenters. The summed E-state index contributed by atoms with van der Waals surface area (Å²) in [6, 6.07) is 7.83. The Labute approximate surface area is 150 Å². The van der Waals surface area contributed by atoms with Crippen molar-refractivity contribution < 1.29 is 24.9 Å². The van der Waals surface area contributed by atoms with Gasteiger partial charge >= 0.3 is 0 Å². The molecule has 5 nitrogen and oxygen atoms in total. The Morgan fingerprint density at radius 1 is 1.04 bits per heavy atom. The van der Waals surface area contributed by atoms with Gasteiger partial charge in [-0.1, -0.05) is 36.4 Å². The highest BCUT2D eigenvalue weighted by Crippen LogP contribution is 2.48. The summed E-state index contributed by atoms with van der Waals surface area (Å²) in [6.45, 7) is 0. The van der Waals surface area contributed by atoms with E-state index in [4.69, 9.17) is 4.74 Å². The number of ketones is 1. The van der Waals surface area contributed by atoms with Gasteiger partial charge in [-0.2, -0.15) is 0 Å². The molecule has 0 fully saturated rings. The zero-order chi connectivity index (χ0) is 18.3. The van der Waals surface area contributed by atoms with Crippen LogP contribution in [-0.4, -0.2) is 21.1 Å². The minimum atomic E-state index is -0.530. The fraction of sp³-hybridized carbons (Fsp3) is 0.190. The summed E-state index contributed by atoms with van der Waals surface area (Å²) >= 11 is 0. The second kappa shape index (κ2) is 6.26. The van der Waals surface area contributed by atoms with Crippen LogP contribution >= 0.6 is 0 Å². The number of carbonyl (C=O) groups is 1. The standard InChI is InChI=1S/C21H18O5/c22-14-8-6-12(7-9-14)17-10-16(24)20-18(26-17)11-15(23)19(21(20)25)13-4-2-1-3-5-13/h1-4,6-9,11,13,17,22-23,25H,5,10H2. The molecule has 0 bridgehead atoms. The van der Waals surface area contributed by atoms with Crippen molar-refractivity contribution in [2.45, 2.75) is 24.9 Å². The van der Waals surface area contributed by atoms with Gasteiger partial charge in [-0.25, -0.2) is 0 Å². The second-order valence-electron chi connectivity index (χ2n) is 6.51. The molecule has 26 heavy (non-hydrogen) atoms. The highest BCUT2D eigenvalue weighted by Gasteiger charge is 2.34. The van der Waals surface area contributed by atoms with Gasteiger partial charge in [0.1, 0.15) is 34.7 Å². The lowest BCUT2D eigenvalue weighted by Crippen LogP contribution is -2.21. The van der Waals surface area contributed by atoms with Gasteiger partial charge in [0.25, 0.3) is 0 Å². The predicted octanol–water partition coefficient (Wildman–Crippen LogP) is 4.11. The van der Waals surface area contributed by atoms with E-state index >= 15 is 0 Å². The molecule has 5 heteroatoms. The molecule has 1 heterocycles. The Kier molecular flexibility index (Phi) is 3.92. The molecule has 0 amide bonds. The van der Waals surface area contributed by atoms with E-state index in [-0.39, 0.29) is 46.7 Å². The number of rotatable bonds is 2. The number of fused-ring (bicyclic) bond motifs is 1. The van der Waals surface area contributed by atoms with Crippen LogP contribution in [0.25, 0.3) is 0 Å². The van der Waals surface area contributed by atoms with Crippen molar-refractivity contribution in [3.8, 4) is 23.0 Å². The zero-order valence-corrected chi connectivity index (χ0v) is 13.9. The first-order valence-corrected chi connectivity index (χ1v) is 8.45. The number of hydrogen-bond donors (Lipinski definition) is 3. The van der Waals surface area contributed by atoms with Crippen LogP contribution in [0.5, 0.6) is 23.0 Å². The van der Waals surface area contributed by atoms with E-state index in [0.717, 1.165) is 5.56 Å². The predicted molar refractivity (Wildman–Crippen MR) is 95.8 cm³/mol. The van der Waals surface area contributed by atoms with Gasteiger partial charge in [0.2, 0.25) is 0 Å². The number of phenolic OH excluding ortho intramolecular Hbond substituents is 3. The van der Waals surface area contributed by atoms with Gasteiger partial charge in [-0.05, 0) is 24.1 Å². The molecule has 0 radical (unpaired) electrons. The molecule has 0 saturated carbocycles. The Bertz CT molecular complexity index is 924. The van der Waals surface area contributed by atoms with Crippen molar-refractivity contribution in [2.24, 2.45) is 0 Å². The summed E-state index contributed by atoms with van der Waals surface area (Å²) in [7, 11) is 0. The summed E-state index contributed by atoms with van der Waals surface area (Å²) < 4.78 is 5.88. The summed E-state index contributed by atoms with van der Waals surface area (Å²) in [5, 5.41) is 30.5. The summed E-state index contributed by atoms with van der Waals surface area (Å²) in [4.78, 5) is 12.7. The Balaban J connectivity index is 1.73. The van der Waals surface area contributed by atoms with Gasteiger partial charge in [0.05, 0.1) is 6.42 Å². The first kappa shape index (κ1) is 16.3. The number of carbonyl (C=O) groups excluding carboxylic acids is 1. The SMILES string of the molecule is O=C1CC(c2ccc(O)cc2)Oc2cc(O)c(C3C=CC=CC3)c(O)c21. The van der Waals surface area contributed by atoms with E-state index < -0.39 is 6.10 Å². The number of ether oxygens (including phenoxy) is 1. The molecular formula is C21H18O5. The van der Waals surface area contributed by atoms with Gasteiger partial charge in [-0.15, -0.1) is 0 Å². The van der Waals surface area contributed by atoms with Crippen molar-refractivity contribution in [3.63, 3.8) is 0 Å². The molecule has 1 aliphatic carbocycles. The molecule has 2 aromatic carbocycles. The second-order valence-corrected chi connectivity index (χ2v) is 6.51. The summed E-state index contributed by atoms with van der Waals surface area (Å²) in [5.41, 5.74) is 1.21. The van der Waals surface area contributed by atoms with Gasteiger partial charge in [0.15, 0.2) is 5.78 Å². The molecule has 1 aliphatic heterocycles. The number of hydrogen-bond acceptors (Lipinski definition) is 5. The summed E-state index contributed by atoms with van der Waals surface area (Å²) in [5.74, 6) is -0.421. The monoisotopic (exact) mass is 350 g/mol. The Hall–Kier alpha value is -3.21. The molecule has 2 aromatic rings. The lowest BCUT2D eigenvalue weighted by atomic mass is 9.87. The van der Waals surface area contributed by atoms with Crippen LogP contribution in [0.1, 0.15) is 46.3 Å². The minimum absolute atomic E-state index is 0.0793. The maximum absolute atomic E-state index is 12.7. The van der Waals surface area contributed by atoms with Crippen molar-refractivity contribution in [1.82, 2.24) is 0 Å². The fourth-order valence-corrected chi connectivity index (χ4v) is 3.51. The van der Waals surface area contributed by atoms with Gasteiger partial charge < -0.3 is 20.1 Å². The smallest absolute Gasteiger partial charge is 0.174 e. The topological polar surface area (TPSA) is 87.0 Å². The third kappa shape index (κ3) is 2.71. The van der Waals surface area contributed by atoms with E-state index in [2.05, 4.69) is 0 Å². The lowest BCUT2D eigenvalue weighted by Gasteiger charge is -2.28. The molecule has 0 aromatic heterocycles. The quantitative estimate of drug-likeness (QED) is 0.759. The fourth-order valence-electron chi connectivity index (χ4n) is 3.51. The molecule has 2 unspecified atom stereocenters. The third-order valence-corrected chi connectivity index (χ3v) is 4.82. The van der Waals surface area contributed by atoms with Crippen molar-refractivity contribution in [1.29, 1.82) is 0 Å². The lowest BCUT2D eigenvalue weighted by molar-refractivity contribution is 0.0844. The highest BCUT2D eigenvalue weighted by atomic mass is 16.5. The molecule has 0 saturated heterocycles. The first-order chi connectivity index (χ1) is 12.5. The maximum Gasteiger partial charge on any atom is 0.174 e. The summed E-state index contributed by atoms with van der Waals surface area (Å²) in [6.07, 6.45) is 7.78. The van der Waals surface area contributed by atoms with Gasteiger partial charge in [-0.3, -0.25) is 4.79 Å². The van der Waals surface area contributed by atoms with E-state index in [9.17, 15) is 20.1 Å². The van der Waals surface area contributed by atoms with E-state index in [0.29, 0.717) is 12.0 Å². The maximum atomic E-state index is 12.7. The molecule has 3 N–H and O–H groups in total. The van der Waals surface area contributed by atoms with Crippen molar-refractivity contribution in [2.75, 3.05) is 0 Å². The van der Waals surface area contributed by atoms with E-state index in [1.165, 1.54) is 18.2 Å². The number of Topliss-reactive ketones (excluding diaryl/α,β-unsaturated/α-hetero) is 1. The molecule has 0 spiro atoms. The zero-order valence-electron chi connectivity index (χ0n) is 13.9. The third-order valence-electron chi connectivity index (χ3n) is 4.82.